The number of pyridine rings is 1. The van der Waals surface area contributed by atoms with Gasteiger partial charge in [-0.1, -0.05) is 17.7 Å². The van der Waals surface area contributed by atoms with E-state index in [1.54, 1.807) is 12.3 Å². The van der Waals surface area contributed by atoms with Crippen molar-refractivity contribution in [3.63, 3.8) is 0 Å². The van der Waals surface area contributed by atoms with Crippen molar-refractivity contribution in [3.05, 3.63) is 50.7 Å². The number of nitrogens with zero attached hydrogens (tertiary/aromatic N) is 5. The Morgan fingerprint density at radius 1 is 1.38 bits per heavy atom. The predicted molar refractivity (Wildman–Crippen MR) is 120 cm³/mol. The van der Waals surface area contributed by atoms with Crippen LogP contribution >= 0.6 is 11.6 Å². The van der Waals surface area contributed by atoms with Crippen LogP contribution in [0.3, 0.4) is 0 Å². The number of halogens is 1. The van der Waals surface area contributed by atoms with E-state index in [2.05, 4.69) is 4.98 Å². The maximum absolute atomic E-state index is 12.0. The lowest BCUT2D eigenvalue weighted by molar-refractivity contribution is -0.433. The molecule has 11 heteroatoms. The van der Waals surface area contributed by atoms with Crippen LogP contribution in [0.5, 0.6) is 0 Å². The molecule has 1 aromatic rings. The lowest BCUT2D eigenvalue weighted by Gasteiger charge is -2.39. The lowest BCUT2D eigenvalue weighted by Crippen LogP contribution is -2.48. The molecule has 0 spiro atoms. The van der Waals surface area contributed by atoms with Gasteiger partial charge in [-0.3, -0.25) is 19.8 Å². The fourth-order valence-corrected chi connectivity index (χ4v) is 3.70. The van der Waals surface area contributed by atoms with Crippen molar-refractivity contribution >= 4 is 17.6 Å². The van der Waals surface area contributed by atoms with Crippen molar-refractivity contribution in [2.24, 2.45) is 0 Å². The smallest absolute Gasteiger partial charge is 0.307 e. The minimum atomic E-state index is -0.347. The van der Waals surface area contributed by atoms with Crippen LogP contribution < -0.4 is 0 Å². The van der Waals surface area contributed by atoms with E-state index in [4.69, 9.17) is 21.4 Å². The quantitative estimate of drug-likeness (QED) is 0.153. The molecule has 0 aliphatic carbocycles. The highest BCUT2D eigenvalue weighted by Crippen LogP contribution is 2.23. The van der Waals surface area contributed by atoms with E-state index in [9.17, 15) is 14.9 Å². The molecule has 1 aliphatic rings. The van der Waals surface area contributed by atoms with E-state index in [0.717, 1.165) is 12.0 Å². The number of hydrogen-bond donors (Lipinski definition) is 1. The second kappa shape index (κ2) is 13.2. The van der Waals surface area contributed by atoms with Gasteiger partial charge in [-0.25, -0.2) is 4.98 Å². The first-order valence-electron chi connectivity index (χ1n) is 10.8. The number of carbonyl (C=O) groups is 1. The van der Waals surface area contributed by atoms with E-state index < -0.39 is 0 Å². The summed E-state index contributed by atoms with van der Waals surface area (Å²) in [5.41, 5.74) is 1.00. The number of unbranched alkanes of at least 4 members (excludes halogenated alkanes) is 2. The summed E-state index contributed by atoms with van der Waals surface area (Å²) in [6.07, 6.45) is 4.05. The molecule has 1 N–H and O–H groups in total. The van der Waals surface area contributed by atoms with Crippen molar-refractivity contribution in [1.82, 2.24) is 19.7 Å². The third-order valence-electron chi connectivity index (χ3n) is 5.17. The van der Waals surface area contributed by atoms with Crippen LogP contribution in [0.2, 0.25) is 5.15 Å². The fourth-order valence-electron chi connectivity index (χ4n) is 3.59. The first-order chi connectivity index (χ1) is 15.3. The molecule has 2 heterocycles. The second-order valence-electron chi connectivity index (χ2n) is 7.68. The molecular weight excluding hydrogens is 438 g/mol. The van der Waals surface area contributed by atoms with E-state index in [1.807, 2.05) is 34.7 Å². The van der Waals surface area contributed by atoms with Crippen molar-refractivity contribution in [3.8, 4) is 0 Å². The zero-order chi connectivity index (χ0) is 23.5. The Kier molecular flexibility index (Phi) is 10.6. The zero-order valence-electron chi connectivity index (χ0n) is 18.7. The van der Waals surface area contributed by atoms with E-state index in [-0.39, 0.29) is 36.2 Å². The highest BCUT2D eigenvalue weighted by Gasteiger charge is 2.33. The molecular formula is C21H32ClN5O5. The average molecular weight is 470 g/mol. The van der Waals surface area contributed by atoms with Gasteiger partial charge in [0.2, 0.25) is 0 Å². The molecule has 0 aromatic carbocycles. The van der Waals surface area contributed by atoms with Gasteiger partial charge in [-0.05, 0) is 37.8 Å². The predicted octanol–water partition coefficient (Wildman–Crippen LogP) is 2.30. The van der Waals surface area contributed by atoms with Gasteiger partial charge in [0, 0.05) is 39.5 Å². The molecule has 0 saturated carbocycles. The molecule has 1 aromatic heterocycles. The molecule has 0 amide bonds. The third kappa shape index (κ3) is 7.92. The van der Waals surface area contributed by atoms with Gasteiger partial charge in [-0.15, -0.1) is 0 Å². The largest absolute Gasteiger partial charge is 0.466 e. The fraction of sp³-hybridized carbons (Fsp3) is 0.619. The summed E-state index contributed by atoms with van der Waals surface area (Å²) in [7, 11) is 1.81. The number of aromatic nitrogens is 1. The average Bonchev–Trinajstić information content (AvgIpc) is 2.77. The van der Waals surface area contributed by atoms with Crippen LogP contribution in [0.1, 0.15) is 38.2 Å². The van der Waals surface area contributed by atoms with Crippen molar-refractivity contribution in [2.75, 3.05) is 46.6 Å². The third-order valence-corrected chi connectivity index (χ3v) is 5.39. The first kappa shape index (κ1) is 25.8. The maximum Gasteiger partial charge on any atom is 0.307 e. The van der Waals surface area contributed by atoms with Crippen molar-refractivity contribution in [2.45, 2.75) is 39.2 Å². The van der Waals surface area contributed by atoms with E-state index in [0.29, 0.717) is 56.7 Å². The van der Waals surface area contributed by atoms with Gasteiger partial charge in [0.15, 0.2) is 5.82 Å². The minimum Gasteiger partial charge on any atom is -0.466 e. The monoisotopic (exact) mass is 469 g/mol. The Balaban J connectivity index is 1.99. The van der Waals surface area contributed by atoms with Gasteiger partial charge in [0.1, 0.15) is 5.15 Å². The zero-order valence-corrected chi connectivity index (χ0v) is 19.5. The van der Waals surface area contributed by atoms with E-state index >= 15 is 0 Å². The molecule has 0 unspecified atom stereocenters. The van der Waals surface area contributed by atoms with E-state index in [1.165, 1.54) is 0 Å². The highest BCUT2D eigenvalue weighted by atomic mass is 35.5. The number of carbonyl (C=O) groups excluding carboxylic acids is 1. The Bertz CT molecular complexity index is 789. The van der Waals surface area contributed by atoms with Crippen LogP contribution in [0, 0.1) is 10.1 Å². The molecule has 32 heavy (non-hydrogen) atoms. The number of aliphatic hydroxyl groups is 1. The normalized spacial score (nSPS) is 14.6. The van der Waals surface area contributed by atoms with Gasteiger partial charge >= 0.3 is 5.97 Å². The summed E-state index contributed by atoms with van der Waals surface area (Å²) in [4.78, 5) is 33.2. The molecule has 2 rings (SSSR count). The minimum absolute atomic E-state index is 0.0971. The van der Waals surface area contributed by atoms with Crippen LogP contribution in [0.15, 0.2) is 29.8 Å². The molecule has 0 saturated heterocycles. The second-order valence-corrected chi connectivity index (χ2v) is 8.06. The summed E-state index contributed by atoms with van der Waals surface area (Å²) in [6, 6.07) is 3.56. The Hall–Kier alpha value is -2.43. The standard InChI is InChI=1S/C21H32ClN5O5/c1-3-26(14-17-7-8-19(22)23-13-17)21-18(27(30)31)15-25(16-24(21)2)10-9-20(29)32-12-6-4-5-11-28/h7-8,13,28H,3-6,9-12,14-16H2,1-2H3. The van der Waals surface area contributed by atoms with Crippen molar-refractivity contribution < 1.29 is 19.6 Å². The summed E-state index contributed by atoms with van der Waals surface area (Å²) >= 11 is 5.86. The van der Waals surface area contributed by atoms with Gasteiger partial charge in [-0.2, -0.15) is 0 Å². The number of hydrogen-bond acceptors (Lipinski definition) is 9. The molecule has 0 fully saturated rings. The Morgan fingerprint density at radius 3 is 2.78 bits per heavy atom. The lowest BCUT2D eigenvalue weighted by atomic mass is 10.2. The van der Waals surface area contributed by atoms with Crippen LogP contribution in [-0.4, -0.2) is 82.2 Å². The molecule has 10 nitrogen and oxygen atoms in total. The molecule has 0 bridgehead atoms. The van der Waals surface area contributed by atoms with Gasteiger partial charge in [0.05, 0.1) is 31.2 Å². The van der Waals surface area contributed by atoms with Crippen molar-refractivity contribution in [1.29, 1.82) is 0 Å². The topological polar surface area (TPSA) is 112 Å². The van der Waals surface area contributed by atoms with Crippen LogP contribution in [-0.2, 0) is 16.1 Å². The van der Waals surface area contributed by atoms with Crippen LogP contribution in [0.25, 0.3) is 0 Å². The van der Waals surface area contributed by atoms with Crippen LogP contribution in [0.4, 0.5) is 0 Å². The number of rotatable bonds is 13. The van der Waals surface area contributed by atoms with Gasteiger partial charge in [0.25, 0.3) is 5.70 Å². The molecule has 178 valence electrons. The number of esters is 1. The molecule has 0 radical (unpaired) electrons. The number of nitro groups is 1. The molecule has 1 aliphatic heterocycles. The van der Waals surface area contributed by atoms with Gasteiger partial charge < -0.3 is 19.6 Å². The highest BCUT2D eigenvalue weighted by molar-refractivity contribution is 6.29. The summed E-state index contributed by atoms with van der Waals surface area (Å²) in [6.45, 7) is 4.45. The first-order valence-corrected chi connectivity index (χ1v) is 11.2. The summed E-state index contributed by atoms with van der Waals surface area (Å²) < 4.78 is 5.20. The summed E-state index contributed by atoms with van der Waals surface area (Å²) in [5.74, 6) is 0.245. The Labute approximate surface area is 193 Å². The molecule has 0 atom stereocenters. The maximum atomic E-state index is 12.0. The number of ether oxygens (including phenoxy) is 1. The Morgan fingerprint density at radius 2 is 2.16 bits per heavy atom. The number of aliphatic hydroxyl groups excluding tert-OH is 1. The SMILES string of the molecule is CCN(Cc1ccc(Cl)nc1)C1=C([N+](=O)[O-])CN(CCC(=O)OCCCCCO)CN1C. The summed E-state index contributed by atoms with van der Waals surface area (Å²) in [5, 5.41) is 21.0.